The van der Waals surface area contributed by atoms with Crippen LogP contribution in [0.2, 0.25) is 5.02 Å². The largest absolute Gasteiger partial charge is 0.493 e. The highest BCUT2D eigenvalue weighted by molar-refractivity contribution is 9.10. The fourth-order valence-corrected chi connectivity index (χ4v) is 3.41. The Morgan fingerprint density at radius 1 is 1.43 bits per heavy atom. The van der Waals surface area contributed by atoms with Crippen LogP contribution < -0.4 is 4.74 Å². The topological polar surface area (TPSA) is 53.0 Å². The summed E-state index contributed by atoms with van der Waals surface area (Å²) in [6, 6.07) is 4.03. The summed E-state index contributed by atoms with van der Waals surface area (Å²) in [5.74, 6) is 0.852. The average Bonchev–Trinajstić information content (AvgIpc) is 2.43. The number of carboxylic acid groups (broad SMARTS) is 1. The first-order chi connectivity index (χ1) is 10.0. The third kappa shape index (κ3) is 3.12. The van der Waals surface area contributed by atoms with Crippen LogP contribution in [-0.2, 0) is 6.54 Å². The summed E-state index contributed by atoms with van der Waals surface area (Å²) in [5.41, 5.74) is 1.05. The summed E-state index contributed by atoms with van der Waals surface area (Å²) in [5, 5.41) is 9.80. The van der Waals surface area contributed by atoms with Gasteiger partial charge in [-0.25, -0.2) is 4.79 Å². The minimum absolute atomic E-state index is 0.199. The van der Waals surface area contributed by atoms with E-state index >= 15 is 0 Å². The van der Waals surface area contributed by atoms with Gasteiger partial charge < -0.3 is 14.7 Å². The lowest BCUT2D eigenvalue weighted by molar-refractivity contribution is 0.0489. The predicted octanol–water partition coefficient (Wildman–Crippen LogP) is 3.05. The summed E-state index contributed by atoms with van der Waals surface area (Å²) in [6.45, 7) is 3.14. The summed E-state index contributed by atoms with van der Waals surface area (Å²) >= 11 is 9.59. The number of nitrogens with zero attached hydrogens (tertiary/aromatic N) is 2. The highest BCUT2D eigenvalue weighted by Gasteiger charge is 2.31. The van der Waals surface area contributed by atoms with E-state index in [1.165, 1.54) is 4.90 Å². The molecule has 1 fully saturated rings. The molecule has 1 amide bonds. The molecule has 0 aliphatic carbocycles. The highest BCUT2D eigenvalue weighted by Crippen LogP contribution is 2.34. The molecule has 3 rings (SSSR count). The van der Waals surface area contributed by atoms with Crippen LogP contribution in [0.3, 0.4) is 0 Å². The molecule has 2 aliphatic heterocycles. The molecule has 5 nitrogen and oxygen atoms in total. The van der Waals surface area contributed by atoms with Gasteiger partial charge in [0.15, 0.2) is 0 Å². The lowest BCUT2D eigenvalue weighted by Crippen LogP contribution is -2.54. The van der Waals surface area contributed by atoms with Gasteiger partial charge in [0.2, 0.25) is 0 Å². The maximum absolute atomic E-state index is 11.1. The standard InChI is InChI=1S/C14H16BrClN2O3/c15-11-6-13-9(5-12(11)16)7-17-2-3-18(14(19)20)8-10(17)1-4-21-13/h5-6,10H,1-4,7-8H2,(H,19,20)/t10-/m0/s1. The van der Waals surface area contributed by atoms with Crippen LogP contribution in [0.4, 0.5) is 4.79 Å². The molecule has 2 aliphatic rings. The molecule has 7 heteroatoms. The predicted molar refractivity (Wildman–Crippen MR) is 83.1 cm³/mol. The minimum Gasteiger partial charge on any atom is -0.493 e. The summed E-state index contributed by atoms with van der Waals surface area (Å²) in [7, 11) is 0. The van der Waals surface area contributed by atoms with Crippen molar-refractivity contribution in [2.45, 2.75) is 19.0 Å². The molecule has 1 aromatic rings. The van der Waals surface area contributed by atoms with Crippen molar-refractivity contribution in [3.05, 3.63) is 27.2 Å². The normalized spacial score (nSPS) is 22.6. The summed E-state index contributed by atoms with van der Waals surface area (Å²) in [4.78, 5) is 14.9. The maximum Gasteiger partial charge on any atom is 0.407 e. The number of halogens is 2. The third-order valence-corrected chi connectivity index (χ3v) is 5.26. The highest BCUT2D eigenvalue weighted by atomic mass is 79.9. The van der Waals surface area contributed by atoms with Crippen LogP contribution in [0, 0.1) is 0 Å². The monoisotopic (exact) mass is 374 g/mol. The lowest BCUT2D eigenvalue weighted by atomic mass is 10.1. The molecule has 1 N–H and O–H groups in total. The SMILES string of the molecule is O=C(O)N1CCN2Cc3cc(Cl)c(Br)cc3OCC[C@H]2C1. The van der Waals surface area contributed by atoms with Crippen molar-refractivity contribution in [2.24, 2.45) is 0 Å². The van der Waals surface area contributed by atoms with E-state index in [2.05, 4.69) is 20.8 Å². The number of benzene rings is 1. The number of amides is 1. The van der Waals surface area contributed by atoms with Gasteiger partial charge in [0.1, 0.15) is 5.75 Å². The van der Waals surface area contributed by atoms with Gasteiger partial charge in [-0.3, -0.25) is 4.90 Å². The molecule has 0 saturated carbocycles. The van der Waals surface area contributed by atoms with Gasteiger partial charge in [-0.15, -0.1) is 0 Å². The van der Waals surface area contributed by atoms with E-state index in [1.807, 2.05) is 12.1 Å². The molecule has 114 valence electrons. The van der Waals surface area contributed by atoms with Crippen LogP contribution in [0.25, 0.3) is 0 Å². The number of hydrogen-bond donors (Lipinski definition) is 1. The van der Waals surface area contributed by atoms with Gasteiger partial charge in [-0.05, 0) is 34.5 Å². The number of rotatable bonds is 0. The quantitative estimate of drug-likeness (QED) is 0.757. The molecular formula is C14H16BrClN2O3. The van der Waals surface area contributed by atoms with E-state index in [0.717, 1.165) is 35.3 Å². The Hall–Kier alpha value is -0.980. The van der Waals surface area contributed by atoms with Crippen molar-refractivity contribution in [3.8, 4) is 5.75 Å². The molecule has 0 aromatic heterocycles. The molecule has 0 bridgehead atoms. The van der Waals surface area contributed by atoms with E-state index in [4.69, 9.17) is 21.4 Å². The molecule has 0 radical (unpaired) electrons. The second-order valence-corrected chi connectivity index (χ2v) is 6.63. The van der Waals surface area contributed by atoms with E-state index in [0.29, 0.717) is 24.7 Å². The zero-order valence-corrected chi connectivity index (χ0v) is 13.7. The van der Waals surface area contributed by atoms with Gasteiger partial charge in [0, 0.05) is 42.3 Å². The van der Waals surface area contributed by atoms with Gasteiger partial charge in [0.05, 0.1) is 11.6 Å². The smallest absolute Gasteiger partial charge is 0.407 e. The number of ether oxygens (including phenoxy) is 1. The second kappa shape index (κ2) is 6.02. The van der Waals surface area contributed by atoms with Crippen LogP contribution in [0.5, 0.6) is 5.75 Å². The first-order valence-corrected chi connectivity index (χ1v) is 8.04. The van der Waals surface area contributed by atoms with Crippen molar-refractivity contribution in [3.63, 3.8) is 0 Å². The van der Waals surface area contributed by atoms with Gasteiger partial charge in [-0.2, -0.15) is 0 Å². The minimum atomic E-state index is -0.843. The van der Waals surface area contributed by atoms with E-state index in [-0.39, 0.29) is 6.04 Å². The number of hydrogen-bond acceptors (Lipinski definition) is 3. The number of carbonyl (C=O) groups is 1. The second-order valence-electron chi connectivity index (χ2n) is 5.36. The Bertz CT molecular complexity index is 569. The van der Waals surface area contributed by atoms with Crippen LogP contribution in [0.1, 0.15) is 12.0 Å². The summed E-state index contributed by atoms with van der Waals surface area (Å²) in [6.07, 6.45) is -0.0197. The number of piperazine rings is 1. The van der Waals surface area contributed by atoms with Gasteiger partial charge >= 0.3 is 6.09 Å². The molecule has 1 aromatic carbocycles. The van der Waals surface area contributed by atoms with Crippen molar-refractivity contribution >= 4 is 33.6 Å². The Morgan fingerprint density at radius 3 is 3.00 bits per heavy atom. The third-order valence-electron chi connectivity index (χ3n) is 4.06. The molecule has 0 spiro atoms. The molecule has 1 atom stereocenters. The Balaban J connectivity index is 1.83. The van der Waals surface area contributed by atoms with Crippen molar-refractivity contribution < 1.29 is 14.6 Å². The van der Waals surface area contributed by atoms with Crippen molar-refractivity contribution in [1.29, 1.82) is 0 Å². The first kappa shape index (κ1) is 14.9. The molecule has 21 heavy (non-hydrogen) atoms. The molecular weight excluding hydrogens is 360 g/mol. The molecule has 0 unspecified atom stereocenters. The zero-order chi connectivity index (χ0) is 15.0. The fraction of sp³-hybridized carbons (Fsp3) is 0.500. The van der Waals surface area contributed by atoms with Gasteiger partial charge in [-0.1, -0.05) is 11.6 Å². The average molecular weight is 376 g/mol. The van der Waals surface area contributed by atoms with E-state index in [9.17, 15) is 4.79 Å². The van der Waals surface area contributed by atoms with Gasteiger partial charge in [0.25, 0.3) is 0 Å². The van der Waals surface area contributed by atoms with Crippen LogP contribution in [0.15, 0.2) is 16.6 Å². The Labute approximate surface area is 136 Å². The van der Waals surface area contributed by atoms with E-state index < -0.39 is 6.09 Å². The molecule has 2 heterocycles. The maximum atomic E-state index is 11.1. The summed E-state index contributed by atoms with van der Waals surface area (Å²) < 4.78 is 6.66. The Morgan fingerprint density at radius 2 is 2.24 bits per heavy atom. The van der Waals surface area contributed by atoms with Crippen molar-refractivity contribution in [2.75, 3.05) is 26.2 Å². The fourth-order valence-electron chi connectivity index (χ4n) is 2.90. The lowest BCUT2D eigenvalue weighted by Gasteiger charge is -2.41. The van der Waals surface area contributed by atoms with Crippen LogP contribution >= 0.6 is 27.5 Å². The number of fused-ring (bicyclic) bond motifs is 2. The van der Waals surface area contributed by atoms with Crippen molar-refractivity contribution in [1.82, 2.24) is 9.80 Å². The first-order valence-electron chi connectivity index (χ1n) is 6.87. The Kier molecular flexibility index (Phi) is 4.28. The van der Waals surface area contributed by atoms with E-state index in [1.54, 1.807) is 0 Å². The van der Waals surface area contributed by atoms with Crippen LogP contribution in [-0.4, -0.2) is 53.3 Å². The zero-order valence-electron chi connectivity index (χ0n) is 11.4. The molecule has 1 saturated heterocycles.